The first kappa shape index (κ1) is 25.5. The summed E-state index contributed by atoms with van der Waals surface area (Å²) in [5.41, 5.74) is 0. The van der Waals surface area contributed by atoms with Gasteiger partial charge in [-0.1, -0.05) is 110 Å². The fourth-order valence-electron chi connectivity index (χ4n) is 3.02. The van der Waals surface area contributed by atoms with Gasteiger partial charge in [-0.2, -0.15) is 0 Å². The van der Waals surface area contributed by atoms with Gasteiger partial charge in [0.25, 0.3) is 0 Å². The van der Waals surface area contributed by atoms with Crippen molar-refractivity contribution in [3.05, 3.63) is 0 Å². The van der Waals surface area contributed by atoms with Crippen LogP contribution < -0.4 is 0 Å². The fraction of sp³-hybridized carbons (Fsp3) is 1.00. The number of aliphatic hydroxyl groups excluding tert-OH is 2. The molecule has 142 valence electrons. The zero-order valence-corrected chi connectivity index (χ0v) is 16.4. The molecule has 2 N–H and O–H groups in total. The molecular formula is C20H43ClO2. The van der Waals surface area contributed by atoms with Crippen LogP contribution in [-0.4, -0.2) is 22.9 Å². The van der Waals surface area contributed by atoms with Gasteiger partial charge in [0.2, 0.25) is 0 Å². The predicted octanol–water partition coefficient (Wildman–Crippen LogP) is 6.41. The number of halogens is 1. The Balaban J connectivity index is 0. The summed E-state index contributed by atoms with van der Waals surface area (Å²) in [6.07, 6.45) is 22.2. The molecule has 0 aromatic carbocycles. The van der Waals surface area contributed by atoms with E-state index in [2.05, 4.69) is 6.92 Å². The molecule has 0 aromatic heterocycles. The van der Waals surface area contributed by atoms with Crippen molar-refractivity contribution in [2.24, 2.45) is 0 Å². The Morgan fingerprint density at radius 2 is 0.870 bits per heavy atom. The Morgan fingerprint density at radius 1 is 0.565 bits per heavy atom. The van der Waals surface area contributed by atoms with Crippen molar-refractivity contribution >= 4 is 12.4 Å². The number of unbranched alkanes of at least 4 members (excludes halogenated alkanes) is 15. The van der Waals surface area contributed by atoms with E-state index in [-0.39, 0.29) is 19.0 Å². The van der Waals surface area contributed by atoms with E-state index in [9.17, 15) is 5.11 Å². The standard InChI is InChI=1S/C20H42O2.ClH/c1-2-3-4-5-6-7-8-9-10-11-12-13-14-15-16-17-18-20(22)19-21;/h20-22H,2-19H2,1H3;1H. The van der Waals surface area contributed by atoms with E-state index in [1.165, 1.54) is 96.3 Å². The van der Waals surface area contributed by atoms with Crippen LogP contribution in [0.25, 0.3) is 0 Å². The van der Waals surface area contributed by atoms with Gasteiger partial charge < -0.3 is 10.2 Å². The Bertz CT molecular complexity index is 200. The minimum absolute atomic E-state index is 0. The van der Waals surface area contributed by atoms with E-state index in [1.54, 1.807) is 0 Å². The van der Waals surface area contributed by atoms with Crippen molar-refractivity contribution in [3.8, 4) is 0 Å². The number of rotatable bonds is 18. The number of hydrogen-bond donors (Lipinski definition) is 2. The van der Waals surface area contributed by atoms with Crippen LogP contribution in [0.2, 0.25) is 0 Å². The minimum Gasteiger partial charge on any atom is -0.394 e. The molecule has 0 aliphatic rings. The lowest BCUT2D eigenvalue weighted by Gasteiger charge is -2.06. The van der Waals surface area contributed by atoms with Crippen LogP contribution in [0.3, 0.4) is 0 Å². The van der Waals surface area contributed by atoms with Crippen molar-refractivity contribution in [1.82, 2.24) is 0 Å². The smallest absolute Gasteiger partial charge is 0.0770 e. The maximum atomic E-state index is 9.22. The molecule has 3 heteroatoms. The van der Waals surface area contributed by atoms with Crippen LogP contribution in [0.15, 0.2) is 0 Å². The summed E-state index contributed by atoms with van der Waals surface area (Å²) in [4.78, 5) is 0. The van der Waals surface area contributed by atoms with Gasteiger partial charge in [-0.3, -0.25) is 0 Å². The maximum absolute atomic E-state index is 9.22. The van der Waals surface area contributed by atoms with E-state index in [0.29, 0.717) is 0 Å². The first-order valence-electron chi connectivity index (χ1n) is 10.1. The number of hydrogen-bond acceptors (Lipinski definition) is 2. The lowest BCUT2D eigenvalue weighted by Crippen LogP contribution is -2.10. The lowest BCUT2D eigenvalue weighted by atomic mass is 10.0. The molecule has 0 fully saturated rings. The third kappa shape index (κ3) is 22.2. The Kier molecular flexibility index (Phi) is 24.6. The van der Waals surface area contributed by atoms with Crippen molar-refractivity contribution in [3.63, 3.8) is 0 Å². The molecule has 1 atom stereocenters. The molecule has 0 rings (SSSR count). The van der Waals surface area contributed by atoms with Gasteiger partial charge in [-0.25, -0.2) is 0 Å². The molecule has 1 unspecified atom stereocenters. The molecule has 0 aliphatic carbocycles. The van der Waals surface area contributed by atoms with Gasteiger partial charge >= 0.3 is 0 Å². The van der Waals surface area contributed by atoms with Crippen LogP contribution in [0, 0.1) is 0 Å². The summed E-state index contributed by atoms with van der Waals surface area (Å²) >= 11 is 0. The topological polar surface area (TPSA) is 40.5 Å². The van der Waals surface area contributed by atoms with E-state index in [1.807, 2.05) is 0 Å². The van der Waals surface area contributed by atoms with E-state index >= 15 is 0 Å². The molecule has 23 heavy (non-hydrogen) atoms. The van der Waals surface area contributed by atoms with Gasteiger partial charge in [-0.05, 0) is 6.42 Å². The summed E-state index contributed by atoms with van der Waals surface area (Å²) in [5, 5.41) is 17.9. The summed E-state index contributed by atoms with van der Waals surface area (Å²) in [7, 11) is 0. The first-order chi connectivity index (χ1) is 10.8. The van der Waals surface area contributed by atoms with Crippen molar-refractivity contribution in [2.45, 2.75) is 122 Å². The molecule has 2 nitrogen and oxygen atoms in total. The van der Waals surface area contributed by atoms with Gasteiger partial charge in [0, 0.05) is 0 Å². The molecule has 0 radical (unpaired) electrons. The highest BCUT2D eigenvalue weighted by atomic mass is 35.5. The molecule has 0 heterocycles. The van der Waals surface area contributed by atoms with E-state index in [0.717, 1.165) is 12.8 Å². The second kappa shape index (κ2) is 22.2. The van der Waals surface area contributed by atoms with Gasteiger partial charge in [0.15, 0.2) is 0 Å². The summed E-state index contributed by atoms with van der Waals surface area (Å²) in [6, 6.07) is 0. The first-order valence-corrected chi connectivity index (χ1v) is 10.1. The maximum Gasteiger partial charge on any atom is 0.0770 e. The fourth-order valence-corrected chi connectivity index (χ4v) is 3.02. The average Bonchev–Trinajstić information content (AvgIpc) is 2.54. The molecule has 0 aromatic rings. The SMILES string of the molecule is CCCCCCCCCCCCCCCCCCC(O)CO.Cl. The average molecular weight is 351 g/mol. The Hall–Kier alpha value is 0.210. The molecular weight excluding hydrogens is 308 g/mol. The summed E-state index contributed by atoms with van der Waals surface area (Å²) < 4.78 is 0. The van der Waals surface area contributed by atoms with Crippen LogP contribution in [0.4, 0.5) is 0 Å². The Labute approximate surface area is 151 Å². The highest BCUT2D eigenvalue weighted by Crippen LogP contribution is 2.14. The third-order valence-electron chi connectivity index (χ3n) is 4.60. The zero-order chi connectivity index (χ0) is 16.3. The largest absolute Gasteiger partial charge is 0.394 e. The summed E-state index contributed by atoms with van der Waals surface area (Å²) in [5.74, 6) is 0. The van der Waals surface area contributed by atoms with Crippen molar-refractivity contribution in [1.29, 1.82) is 0 Å². The molecule has 0 spiro atoms. The van der Waals surface area contributed by atoms with Crippen LogP contribution in [0.5, 0.6) is 0 Å². The second-order valence-corrected chi connectivity index (χ2v) is 6.93. The molecule has 0 aliphatic heterocycles. The lowest BCUT2D eigenvalue weighted by molar-refractivity contribution is 0.0860. The second-order valence-electron chi connectivity index (χ2n) is 6.93. The minimum atomic E-state index is -0.494. The monoisotopic (exact) mass is 350 g/mol. The molecule has 0 saturated carbocycles. The quantitative estimate of drug-likeness (QED) is 0.280. The van der Waals surface area contributed by atoms with E-state index in [4.69, 9.17) is 5.11 Å². The normalized spacial score (nSPS) is 12.1. The predicted molar refractivity (Wildman–Crippen MR) is 105 cm³/mol. The van der Waals surface area contributed by atoms with Crippen LogP contribution in [0.1, 0.15) is 116 Å². The van der Waals surface area contributed by atoms with Crippen molar-refractivity contribution < 1.29 is 10.2 Å². The van der Waals surface area contributed by atoms with E-state index < -0.39 is 6.10 Å². The number of aliphatic hydroxyl groups is 2. The third-order valence-corrected chi connectivity index (χ3v) is 4.60. The van der Waals surface area contributed by atoms with Gasteiger partial charge in [0.1, 0.15) is 0 Å². The summed E-state index contributed by atoms with van der Waals surface area (Å²) in [6.45, 7) is 2.19. The zero-order valence-electron chi connectivity index (χ0n) is 15.6. The Morgan fingerprint density at radius 3 is 1.17 bits per heavy atom. The van der Waals surface area contributed by atoms with Gasteiger partial charge in [0.05, 0.1) is 12.7 Å². The molecule has 0 amide bonds. The highest BCUT2D eigenvalue weighted by molar-refractivity contribution is 5.85. The molecule has 0 bridgehead atoms. The van der Waals surface area contributed by atoms with Crippen LogP contribution >= 0.6 is 12.4 Å². The van der Waals surface area contributed by atoms with Crippen LogP contribution in [-0.2, 0) is 0 Å². The van der Waals surface area contributed by atoms with Crippen molar-refractivity contribution in [2.75, 3.05) is 6.61 Å². The highest BCUT2D eigenvalue weighted by Gasteiger charge is 2.00. The molecule has 0 saturated heterocycles. The van der Waals surface area contributed by atoms with Gasteiger partial charge in [-0.15, -0.1) is 12.4 Å².